The van der Waals surface area contributed by atoms with Crippen molar-refractivity contribution in [3.05, 3.63) is 21.7 Å². The van der Waals surface area contributed by atoms with Crippen LogP contribution in [-0.2, 0) is 6.42 Å². The van der Waals surface area contributed by atoms with Crippen LogP contribution in [0, 0.1) is 6.92 Å². The summed E-state index contributed by atoms with van der Waals surface area (Å²) in [6.45, 7) is 2.54. The van der Waals surface area contributed by atoms with E-state index in [2.05, 4.69) is 5.32 Å². The van der Waals surface area contributed by atoms with E-state index in [-0.39, 0.29) is 5.91 Å². The fourth-order valence-electron chi connectivity index (χ4n) is 2.21. The van der Waals surface area contributed by atoms with Crippen molar-refractivity contribution in [2.24, 2.45) is 0 Å². The van der Waals surface area contributed by atoms with Crippen molar-refractivity contribution < 1.29 is 14.3 Å². The third-order valence-corrected chi connectivity index (χ3v) is 3.38. The van der Waals surface area contributed by atoms with Gasteiger partial charge in [0.25, 0.3) is 5.91 Å². The number of fused-ring (bicyclic) bond motifs is 1. The van der Waals surface area contributed by atoms with E-state index >= 15 is 0 Å². The van der Waals surface area contributed by atoms with Crippen LogP contribution < -0.4 is 14.8 Å². The van der Waals surface area contributed by atoms with Crippen molar-refractivity contribution in [2.45, 2.75) is 13.3 Å². The van der Waals surface area contributed by atoms with Gasteiger partial charge in [0.15, 0.2) is 11.5 Å². The first kappa shape index (κ1) is 12.0. The molecule has 0 aromatic heterocycles. The van der Waals surface area contributed by atoms with Gasteiger partial charge in [0.05, 0.1) is 24.8 Å². The minimum atomic E-state index is -0.152. The summed E-state index contributed by atoms with van der Waals surface area (Å²) in [6.07, 6.45) is 0.757. The molecule has 1 aromatic rings. The average molecular weight is 256 g/mol. The Hall–Kier alpha value is -1.42. The number of amides is 1. The van der Waals surface area contributed by atoms with E-state index in [0.717, 1.165) is 17.5 Å². The number of ether oxygens (including phenoxy) is 2. The maximum Gasteiger partial charge on any atom is 0.253 e. The summed E-state index contributed by atoms with van der Waals surface area (Å²) in [5.41, 5.74) is 2.36. The fraction of sp³-hybridized carbons (Fsp3) is 0.417. The predicted octanol–water partition coefficient (Wildman–Crippen LogP) is 1.95. The summed E-state index contributed by atoms with van der Waals surface area (Å²) in [6, 6.07) is 0. The van der Waals surface area contributed by atoms with Crippen molar-refractivity contribution in [3.8, 4) is 11.5 Å². The van der Waals surface area contributed by atoms with Gasteiger partial charge in [-0.1, -0.05) is 11.6 Å². The lowest BCUT2D eigenvalue weighted by atomic mass is 9.94. The van der Waals surface area contributed by atoms with Gasteiger partial charge in [0.2, 0.25) is 0 Å². The molecule has 0 radical (unpaired) electrons. The second kappa shape index (κ2) is 4.45. The van der Waals surface area contributed by atoms with E-state index in [0.29, 0.717) is 28.6 Å². The SMILES string of the molecule is COc1c(C)c2c(c(Cl)c1OC)C(=O)NCC2. The van der Waals surface area contributed by atoms with Gasteiger partial charge in [-0.05, 0) is 24.5 Å². The number of benzene rings is 1. The quantitative estimate of drug-likeness (QED) is 0.879. The topological polar surface area (TPSA) is 47.6 Å². The van der Waals surface area contributed by atoms with Crippen LogP contribution in [0.25, 0.3) is 0 Å². The number of rotatable bonds is 2. The monoisotopic (exact) mass is 255 g/mol. The van der Waals surface area contributed by atoms with Gasteiger partial charge in [0, 0.05) is 6.54 Å². The second-order valence-corrected chi connectivity index (χ2v) is 4.24. The molecule has 1 aliphatic rings. The summed E-state index contributed by atoms with van der Waals surface area (Å²) in [7, 11) is 3.08. The normalized spacial score (nSPS) is 14.0. The molecule has 0 spiro atoms. The minimum absolute atomic E-state index is 0.152. The Morgan fingerprint density at radius 2 is 1.88 bits per heavy atom. The lowest BCUT2D eigenvalue weighted by molar-refractivity contribution is 0.0945. The van der Waals surface area contributed by atoms with Crippen molar-refractivity contribution >= 4 is 17.5 Å². The molecule has 0 unspecified atom stereocenters. The van der Waals surface area contributed by atoms with Gasteiger partial charge in [-0.15, -0.1) is 0 Å². The molecule has 1 amide bonds. The number of hydrogen-bond acceptors (Lipinski definition) is 3. The zero-order valence-corrected chi connectivity index (χ0v) is 10.8. The standard InChI is InChI=1S/C12H14ClNO3/c1-6-7-4-5-14-12(15)8(7)9(13)11(17-3)10(6)16-2/h4-5H2,1-3H3,(H,14,15). The zero-order valence-electron chi connectivity index (χ0n) is 10.0. The van der Waals surface area contributed by atoms with Crippen LogP contribution in [0.4, 0.5) is 0 Å². The van der Waals surface area contributed by atoms with Crippen LogP contribution in [0.1, 0.15) is 21.5 Å². The molecule has 1 aliphatic heterocycles. The van der Waals surface area contributed by atoms with Crippen LogP contribution >= 0.6 is 11.6 Å². The lowest BCUT2D eigenvalue weighted by Gasteiger charge is -2.23. The third-order valence-electron chi connectivity index (χ3n) is 3.02. The molecule has 1 N–H and O–H groups in total. The molecule has 0 atom stereocenters. The van der Waals surface area contributed by atoms with Crippen LogP contribution in [0.3, 0.4) is 0 Å². The molecule has 0 saturated heterocycles. The van der Waals surface area contributed by atoms with E-state index in [1.165, 1.54) is 7.11 Å². The van der Waals surface area contributed by atoms with E-state index in [1.807, 2.05) is 6.92 Å². The van der Waals surface area contributed by atoms with Gasteiger partial charge in [-0.25, -0.2) is 0 Å². The highest BCUT2D eigenvalue weighted by atomic mass is 35.5. The number of hydrogen-bond donors (Lipinski definition) is 1. The second-order valence-electron chi connectivity index (χ2n) is 3.86. The molecule has 1 heterocycles. The molecular weight excluding hydrogens is 242 g/mol. The Balaban J connectivity index is 2.78. The Bertz CT molecular complexity index is 485. The smallest absolute Gasteiger partial charge is 0.253 e. The Kier molecular flexibility index (Phi) is 3.15. The van der Waals surface area contributed by atoms with Crippen molar-refractivity contribution in [1.82, 2.24) is 5.32 Å². The summed E-state index contributed by atoms with van der Waals surface area (Å²) in [5, 5.41) is 3.10. The van der Waals surface area contributed by atoms with Gasteiger partial charge in [-0.3, -0.25) is 4.79 Å². The van der Waals surface area contributed by atoms with Gasteiger partial charge >= 0.3 is 0 Å². The van der Waals surface area contributed by atoms with E-state index < -0.39 is 0 Å². The Labute approximate surface area is 105 Å². The average Bonchev–Trinajstić information content (AvgIpc) is 2.33. The van der Waals surface area contributed by atoms with Gasteiger partial charge in [0.1, 0.15) is 0 Å². The van der Waals surface area contributed by atoms with Crippen LogP contribution in [-0.4, -0.2) is 26.7 Å². The lowest BCUT2D eigenvalue weighted by Crippen LogP contribution is -2.32. The molecule has 92 valence electrons. The molecule has 2 rings (SSSR count). The number of methoxy groups -OCH3 is 2. The summed E-state index contributed by atoms with van der Waals surface area (Å²) in [4.78, 5) is 11.8. The number of carbonyl (C=O) groups excluding carboxylic acids is 1. The van der Waals surface area contributed by atoms with Gasteiger partial charge < -0.3 is 14.8 Å². The maximum absolute atomic E-state index is 11.8. The highest BCUT2D eigenvalue weighted by Crippen LogP contribution is 2.43. The molecular formula is C12H14ClNO3. The number of carbonyl (C=O) groups is 1. The van der Waals surface area contributed by atoms with Crippen LogP contribution in [0.5, 0.6) is 11.5 Å². The van der Waals surface area contributed by atoms with Gasteiger partial charge in [-0.2, -0.15) is 0 Å². The Morgan fingerprint density at radius 3 is 2.47 bits per heavy atom. The third kappa shape index (κ3) is 1.72. The maximum atomic E-state index is 11.8. The first-order chi connectivity index (χ1) is 8.11. The largest absolute Gasteiger partial charge is 0.493 e. The summed E-state index contributed by atoms with van der Waals surface area (Å²) >= 11 is 6.21. The minimum Gasteiger partial charge on any atom is -0.493 e. The van der Waals surface area contributed by atoms with E-state index in [9.17, 15) is 4.79 Å². The zero-order chi connectivity index (χ0) is 12.6. The molecule has 0 bridgehead atoms. The van der Waals surface area contributed by atoms with E-state index in [4.69, 9.17) is 21.1 Å². The first-order valence-corrected chi connectivity index (χ1v) is 5.70. The van der Waals surface area contributed by atoms with Crippen LogP contribution in [0.2, 0.25) is 5.02 Å². The molecule has 1 aromatic carbocycles. The number of halogens is 1. The fourth-order valence-corrected chi connectivity index (χ4v) is 2.57. The predicted molar refractivity (Wildman–Crippen MR) is 65.3 cm³/mol. The molecule has 4 nitrogen and oxygen atoms in total. The molecule has 0 saturated carbocycles. The molecule has 17 heavy (non-hydrogen) atoms. The van der Waals surface area contributed by atoms with Crippen molar-refractivity contribution in [1.29, 1.82) is 0 Å². The Morgan fingerprint density at radius 1 is 1.24 bits per heavy atom. The molecule has 0 aliphatic carbocycles. The highest BCUT2D eigenvalue weighted by Gasteiger charge is 2.28. The first-order valence-electron chi connectivity index (χ1n) is 5.32. The highest BCUT2D eigenvalue weighted by molar-refractivity contribution is 6.36. The molecule has 5 heteroatoms. The van der Waals surface area contributed by atoms with Crippen LogP contribution in [0.15, 0.2) is 0 Å². The summed E-state index contributed by atoms with van der Waals surface area (Å²) in [5.74, 6) is 0.869. The summed E-state index contributed by atoms with van der Waals surface area (Å²) < 4.78 is 10.5. The van der Waals surface area contributed by atoms with E-state index in [1.54, 1.807) is 7.11 Å². The van der Waals surface area contributed by atoms with Crippen molar-refractivity contribution in [3.63, 3.8) is 0 Å². The van der Waals surface area contributed by atoms with Crippen molar-refractivity contribution in [2.75, 3.05) is 20.8 Å². The molecule has 0 fully saturated rings. The number of nitrogens with one attached hydrogen (secondary N) is 1.